The molecule has 3 rings (SSSR count). The predicted molar refractivity (Wildman–Crippen MR) is 124 cm³/mol. The first kappa shape index (κ1) is 22.6. The van der Waals surface area contributed by atoms with E-state index in [0.29, 0.717) is 12.4 Å². The number of aryl methyl sites for hydroxylation is 1. The van der Waals surface area contributed by atoms with Crippen LogP contribution in [0.3, 0.4) is 0 Å². The van der Waals surface area contributed by atoms with Crippen LogP contribution in [0.2, 0.25) is 0 Å². The molecular formula is C18H28IN7OS. The first-order chi connectivity index (χ1) is 13.2. The molecule has 10 heteroatoms. The van der Waals surface area contributed by atoms with Crippen LogP contribution in [0.25, 0.3) is 0 Å². The van der Waals surface area contributed by atoms with Gasteiger partial charge >= 0.3 is 0 Å². The monoisotopic (exact) mass is 517 g/mol. The summed E-state index contributed by atoms with van der Waals surface area (Å²) in [5, 5.41) is 4.42. The standard InChI is InChI=1S/C18H27N7OS.HI/c1-4-15-22-18(27-23-15)25-11-9-24(10-12-25)17(19-5-2)21-13-14-7-6-8-20-16(14)26-3;/h6-8H,4-5,9-13H2,1-3H3,(H,19,21);1H. The highest BCUT2D eigenvalue weighted by atomic mass is 127. The van der Waals surface area contributed by atoms with Crippen molar-refractivity contribution in [3.8, 4) is 5.88 Å². The maximum absolute atomic E-state index is 5.32. The summed E-state index contributed by atoms with van der Waals surface area (Å²) in [5.74, 6) is 2.48. The summed E-state index contributed by atoms with van der Waals surface area (Å²) >= 11 is 1.49. The Labute approximate surface area is 187 Å². The van der Waals surface area contributed by atoms with Gasteiger partial charge in [-0.2, -0.15) is 4.37 Å². The second-order valence-corrected chi connectivity index (χ2v) is 6.89. The number of aliphatic imine (C=N–C) groups is 1. The van der Waals surface area contributed by atoms with Crippen LogP contribution in [0.1, 0.15) is 25.2 Å². The second kappa shape index (κ2) is 11.3. The van der Waals surface area contributed by atoms with Gasteiger partial charge in [0.1, 0.15) is 5.82 Å². The van der Waals surface area contributed by atoms with E-state index in [-0.39, 0.29) is 24.0 Å². The smallest absolute Gasteiger partial charge is 0.218 e. The molecule has 1 aliphatic heterocycles. The average Bonchev–Trinajstić information content (AvgIpc) is 3.21. The number of pyridine rings is 1. The maximum Gasteiger partial charge on any atom is 0.218 e. The molecule has 0 atom stereocenters. The van der Waals surface area contributed by atoms with Crippen LogP contribution >= 0.6 is 35.5 Å². The van der Waals surface area contributed by atoms with Gasteiger partial charge in [-0.05, 0) is 13.0 Å². The predicted octanol–water partition coefficient (Wildman–Crippen LogP) is 2.41. The maximum atomic E-state index is 5.32. The van der Waals surface area contributed by atoms with Gasteiger partial charge in [0, 0.05) is 62.4 Å². The SMILES string of the molecule is CCNC(=NCc1cccnc1OC)N1CCN(c2nc(CC)ns2)CC1.I. The molecule has 1 N–H and O–H groups in total. The molecule has 8 nitrogen and oxygen atoms in total. The van der Waals surface area contributed by atoms with Gasteiger partial charge in [0.05, 0.1) is 13.7 Å². The highest BCUT2D eigenvalue weighted by Crippen LogP contribution is 2.19. The molecule has 0 bridgehead atoms. The molecule has 154 valence electrons. The third-order valence-corrected chi connectivity index (χ3v) is 5.22. The number of nitrogens with zero attached hydrogens (tertiary/aromatic N) is 6. The number of guanidine groups is 1. The number of piperazine rings is 1. The highest BCUT2D eigenvalue weighted by molar-refractivity contribution is 14.0. The van der Waals surface area contributed by atoms with Crippen molar-refractivity contribution < 1.29 is 4.74 Å². The van der Waals surface area contributed by atoms with Crippen LogP contribution in [0, 0.1) is 0 Å². The lowest BCUT2D eigenvalue weighted by molar-refractivity contribution is 0.371. The fraction of sp³-hybridized carbons (Fsp3) is 0.556. The molecule has 0 aliphatic carbocycles. The fourth-order valence-electron chi connectivity index (χ4n) is 2.94. The van der Waals surface area contributed by atoms with Gasteiger partial charge in [-0.25, -0.2) is 15.0 Å². The van der Waals surface area contributed by atoms with Gasteiger partial charge in [0.15, 0.2) is 5.96 Å². The van der Waals surface area contributed by atoms with E-state index in [1.54, 1.807) is 13.3 Å². The minimum absolute atomic E-state index is 0. The molecule has 2 aromatic heterocycles. The van der Waals surface area contributed by atoms with Crippen LogP contribution in [0.15, 0.2) is 23.3 Å². The average molecular weight is 517 g/mol. The van der Waals surface area contributed by atoms with Gasteiger partial charge in [-0.3, -0.25) is 0 Å². The van der Waals surface area contributed by atoms with Crippen LogP contribution < -0.4 is 15.0 Å². The van der Waals surface area contributed by atoms with E-state index in [2.05, 4.69) is 43.3 Å². The van der Waals surface area contributed by atoms with Gasteiger partial charge in [0.25, 0.3) is 0 Å². The van der Waals surface area contributed by atoms with Crippen LogP contribution in [-0.2, 0) is 13.0 Å². The summed E-state index contributed by atoms with van der Waals surface area (Å²) in [7, 11) is 1.64. The Morgan fingerprint density at radius 1 is 1.29 bits per heavy atom. The van der Waals surface area contributed by atoms with Crippen molar-refractivity contribution in [2.24, 2.45) is 4.99 Å². The number of halogens is 1. The Bertz CT molecular complexity index is 762. The molecule has 0 aromatic carbocycles. The molecule has 1 fully saturated rings. The Hall–Kier alpha value is -1.69. The molecule has 1 aliphatic rings. The number of rotatable bonds is 6. The molecule has 0 radical (unpaired) electrons. The Morgan fingerprint density at radius 3 is 2.71 bits per heavy atom. The van der Waals surface area contributed by atoms with Crippen LogP contribution in [-0.4, -0.2) is 65.0 Å². The summed E-state index contributed by atoms with van der Waals surface area (Å²) in [6, 6.07) is 3.91. The number of ether oxygens (including phenoxy) is 1. The molecule has 3 heterocycles. The molecule has 1 saturated heterocycles. The molecule has 28 heavy (non-hydrogen) atoms. The summed E-state index contributed by atoms with van der Waals surface area (Å²) in [6.45, 7) is 9.17. The summed E-state index contributed by atoms with van der Waals surface area (Å²) in [5.41, 5.74) is 0.981. The van der Waals surface area contributed by atoms with E-state index >= 15 is 0 Å². The van der Waals surface area contributed by atoms with E-state index in [1.807, 2.05) is 12.1 Å². The van der Waals surface area contributed by atoms with Gasteiger partial charge in [-0.15, -0.1) is 24.0 Å². The molecule has 0 unspecified atom stereocenters. The summed E-state index contributed by atoms with van der Waals surface area (Å²) < 4.78 is 9.72. The normalized spacial score (nSPS) is 14.6. The van der Waals surface area contributed by atoms with Gasteiger partial charge in [-0.1, -0.05) is 13.0 Å². The Kier molecular flexibility index (Phi) is 9.16. The van der Waals surface area contributed by atoms with Crippen LogP contribution in [0.5, 0.6) is 5.88 Å². The molecule has 0 saturated carbocycles. The number of methoxy groups -OCH3 is 1. The van der Waals surface area contributed by atoms with E-state index in [0.717, 1.165) is 61.6 Å². The topological polar surface area (TPSA) is 78.8 Å². The van der Waals surface area contributed by atoms with Crippen molar-refractivity contribution in [1.29, 1.82) is 0 Å². The highest BCUT2D eigenvalue weighted by Gasteiger charge is 2.22. The van der Waals surface area contributed by atoms with E-state index in [1.165, 1.54) is 11.5 Å². The zero-order chi connectivity index (χ0) is 19.1. The first-order valence-corrected chi connectivity index (χ1v) is 10.1. The summed E-state index contributed by atoms with van der Waals surface area (Å²) in [4.78, 5) is 18.2. The lowest BCUT2D eigenvalue weighted by Gasteiger charge is -2.36. The van der Waals surface area contributed by atoms with Crippen molar-refractivity contribution in [3.63, 3.8) is 0 Å². The quantitative estimate of drug-likeness (QED) is 0.358. The fourth-order valence-corrected chi connectivity index (χ4v) is 3.74. The summed E-state index contributed by atoms with van der Waals surface area (Å²) in [6.07, 6.45) is 2.61. The van der Waals surface area contributed by atoms with Crippen LogP contribution in [0.4, 0.5) is 5.13 Å². The molecular weight excluding hydrogens is 489 g/mol. The third-order valence-electron chi connectivity index (χ3n) is 4.40. The first-order valence-electron chi connectivity index (χ1n) is 9.33. The molecule has 0 spiro atoms. The second-order valence-electron chi connectivity index (χ2n) is 6.16. The zero-order valence-corrected chi connectivity index (χ0v) is 19.7. The number of nitrogens with one attached hydrogen (secondary N) is 1. The third kappa shape index (κ3) is 5.66. The molecule has 0 amide bonds. The van der Waals surface area contributed by atoms with Crippen molar-refractivity contribution in [1.82, 2.24) is 24.6 Å². The number of hydrogen-bond acceptors (Lipinski definition) is 7. The van der Waals surface area contributed by atoms with Crippen molar-refractivity contribution in [2.45, 2.75) is 26.8 Å². The van der Waals surface area contributed by atoms with E-state index < -0.39 is 0 Å². The van der Waals surface area contributed by atoms with Crippen molar-refractivity contribution in [3.05, 3.63) is 29.7 Å². The zero-order valence-electron chi connectivity index (χ0n) is 16.6. The minimum atomic E-state index is 0. The Balaban J connectivity index is 0.00000280. The van der Waals surface area contributed by atoms with Gasteiger partial charge in [0.2, 0.25) is 11.0 Å². The van der Waals surface area contributed by atoms with Crippen molar-refractivity contribution in [2.75, 3.05) is 44.7 Å². The minimum Gasteiger partial charge on any atom is -0.481 e. The van der Waals surface area contributed by atoms with Crippen molar-refractivity contribution >= 4 is 46.6 Å². The molecule has 2 aromatic rings. The lowest BCUT2D eigenvalue weighted by Crippen LogP contribution is -2.52. The number of hydrogen-bond donors (Lipinski definition) is 1. The lowest BCUT2D eigenvalue weighted by atomic mass is 10.3. The number of anilines is 1. The largest absolute Gasteiger partial charge is 0.481 e. The van der Waals surface area contributed by atoms with E-state index in [4.69, 9.17) is 9.73 Å². The number of aromatic nitrogens is 3. The Morgan fingerprint density at radius 2 is 2.07 bits per heavy atom. The van der Waals surface area contributed by atoms with Gasteiger partial charge < -0.3 is 19.9 Å². The van der Waals surface area contributed by atoms with E-state index in [9.17, 15) is 0 Å².